The van der Waals surface area contributed by atoms with Gasteiger partial charge in [0.15, 0.2) is 5.78 Å². The summed E-state index contributed by atoms with van der Waals surface area (Å²) in [5.74, 6) is -0.377. The van der Waals surface area contributed by atoms with Crippen LogP contribution in [0.5, 0.6) is 0 Å². The smallest absolute Gasteiger partial charge is 0.271 e. The summed E-state index contributed by atoms with van der Waals surface area (Å²) >= 11 is 0. The van der Waals surface area contributed by atoms with E-state index in [1.165, 1.54) is 12.1 Å². The largest absolute Gasteiger partial charge is 0.294 e. The summed E-state index contributed by atoms with van der Waals surface area (Å²) in [5.41, 5.74) is 4.31. The topological polar surface area (TPSA) is 80.5 Å². The van der Waals surface area contributed by atoms with Crippen LogP contribution in [0.2, 0.25) is 0 Å². The molecule has 1 heterocycles. The molecule has 6 nitrogen and oxygen atoms in total. The minimum absolute atomic E-state index is 0.0532. The van der Waals surface area contributed by atoms with Gasteiger partial charge >= 0.3 is 0 Å². The number of rotatable bonds is 3. The highest BCUT2D eigenvalue weighted by atomic mass is 16.6. The third-order valence-corrected chi connectivity index (χ3v) is 6.27. The van der Waals surface area contributed by atoms with E-state index < -0.39 is 4.92 Å². The zero-order valence-corrected chi connectivity index (χ0v) is 18.3. The van der Waals surface area contributed by atoms with Gasteiger partial charge in [-0.25, -0.2) is 0 Å². The van der Waals surface area contributed by atoms with Gasteiger partial charge in [-0.3, -0.25) is 24.6 Å². The van der Waals surface area contributed by atoms with Gasteiger partial charge in [-0.15, -0.1) is 0 Å². The molecular formula is C25H26N2O4. The van der Waals surface area contributed by atoms with Gasteiger partial charge in [0.1, 0.15) is 0 Å². The summed E-state index contributed by atoms with van der Waals surface area (Å²) in [5, 5.41) is 11.4. The van der Waals surface area contributed by atoms with Gasteiger partial charge in [-0.05, 0) is 36.8 Å². The fraction of sp³-hybridized carbons (Fsp3) is 0.360. The van der Waals surface area contributed by atoms with Crippen molar-refractivity contribution in [1.82, 2.24) is 0 Å². The first-order chi connectivity index (χ1) is 14.6. The van der Waals surface area contributed by atoms with Gasteiger partial charge in [-0.2, -0.15) is 0 Å². The number of nitrogens with zero attached hydrogens (tertiary/aromatic N) is 2. The maximum absolute atomic E-state index is 13.5. The number of allylic oxidation sites excluding steroid dienone is 2. The molecule has 4 rings (SSSR count). The third kappa shape index (κ3) is 3.78. The van der Waals surface area contributed by atoms with E-state index in [-0.39, 0.29) is 35.1 Å². The molecule has 2 aliphatic rings. The Hall–Kier alpha value is -3.28. The standard InChI is InChI=1S/C25H26N2O4/c1-15-5-8-17(9-6-15)19-12-23(29)26(20-11-18(27(30)31)10-7-16(20)2)21-13-25(3,4)14-22(28)24(19)21/h5-11,19H,12-14H2,1-4H3. The van der Waals surface area contributed by atoms with Crippen molar-refractivity contribution in [3.05, 3.63) is 80.5 Å². The molecule has 0 fully saturated rings. The lowest BCUT2D eigenvalue weighted by molar-refractivity contribution is -0.384. The monoisotopic (exact) mass is 418 g/mol. The molecule has 2 aromatic rings. The van der Waals surface area contributed by atoms with Crippen LogP contribution in [-0.4, -0.2) is 16.6 Å². The molecule has 31 heavy (non-hydrogen) atoms. The molecule has 6 heteroatoms. The molecule has 0 saturated heterocycles. The van der Waals surface area contributed by atoms with Crippen LogP contribution in [0.25, 0.3) is 0 Å². The van der Waals surface area contributed by atoms with Crippen molar-refractivity contribution < 1.29 is 14.5 Å². The highest BCUT2D eigenvalue weighted by Crippen LogP contribution is 2.48. The van der Waals surface area contributed by atoms with Crippen molar-refractivity contribution in [2.45, 2.75) is 52.9 Å². The molecule has 1 atom stereocenters. The molecule has 0 radical (unpaired) electrons. The lowest BCUT2D eigenvalue weighted by Crippen LogP contribution is -2.44. The first-order valence-electron chi connectivity index (χ1n) is 10.5. The summed E-state index contributed by atoms with van der Waals surface area (Å²) in [7, 11) is 0. The zero-order chi connectivity index (χ0) is 22.5. The highest BCUT2D eigenvalue weighted by Gasteiger charge is 2.44. The Labute approximate surface area is 181 Å². The van der Waals surface area contributed by atoms with Crippen LogP contribution in [0.4, 0.5) is 11.4 Å². The highest BCUT2D eigenvalue weighted by molar-refractivity contribution is 6.08. The second-order valence-electron chi connectivity index (χ2n) is 9.43. The molecule has 1 aliphatic heterocycles. The second kappa shape index (κ2) is 7.45. The molecule has 0 bridgehead atoms. The third-order valence-electron chi connectivity index (χ3n) is 6.27. The normalized spacial score (nSPS) is 20.6. The Morgan fingerprint density at radius 1 is 1.03 bits per heavy atom. The summed E-state index contributed by atoms with van der Waals surface area (Å²) in [6, 6.07) is 12.5. The molecule has 1 aliphatic carbocycles. The van der Waals surface area contributed by atoms with Crippen LogP contribution >= 0.6 is 0 Å². The van der Waals surface area contributed by atoms with E-state index in [1.54, 1.807) is 11.0 Å². The van der Waals surface area contributed by atoms with Crippen molar-refractivity contribution in [2.75, 3.05) is 4.90 Å². The van der Waals surface area contributed by atoms with E-state index >= 15 is 0 Å². The number of hydrogen-bond donors (Lipinski definition) is 0. The van der Waals surface area contributed by atoms with Crippen LogP contribution in [0, 0.1) is 29.4 Å². The Morgan fingerprint density at radius 2 is 1.71 bits per heavy atom. The van der Waals surface area contributed by atoms with E-state index in [2.05, 4.69) is 0 Å². The van der Waals surface area contributed by atoms with Gasteiger partial charge in [-0.1, -0.05) is 49.7 Å². The summed E-state index contributed by atoms with van der Waals surface area (Å²) in [6.45, 7) is 7.87. The number of nitro groups is 1. The molecule has 2 aromatic carbocycles. The van der Waals surface area contributed by atoms with Crippen LogP contribution in [0.1, 0.15) is 55.7 Å². The number of aryl methyl sites for hydroxylation is 2. The fourth-order valence-corrected chi connectivity index (χ4v) is 4.73. The number of hydrogen-bond acceptors (Lipinski definition) is 4. The van der Waals surface area contributed by atoms with Crippen LogP contribution in [0.15, 0.2) is 53.7 Å². The molecular weight excluding hydrogens is 392 g/mol. The molecule has 0 N–H and O–H groups in total. The van der Waals surface area contributed by atoms with Crippen LogP contribution in [0.3, 0.4) is 0 Å². The number of ketones is 1. The van der Waals surface area contributed by atoms with Crippen molar-refractivity contribution >= 4 is 23.1 Å². The fourth-order valence-electron chi connectivity index (χ4n) is 4.73. The van der Waals surface area contributed by atoms with E-state index in [9.17, 15) is 19.7 Å². The predicted molar refractivity (Wildman–Crippen MR) is 119 cm³/mol. The van der Waals surface area contributed by atoms with Crippen molar-refractivity contribution in [3.63, 3.8) is 0 Å². The number of nitro benzene ring substituents is 1. The molecule has 0 saturated carbocycles. The Balaban J connectivity index is 1.93. The number of Topliss-reactive ketones (excluding diaryl/α,β-unsaturated/α-hetero) is 1. The van der Waals surface area contributed by atoms with E-state index in [0.29, 0.717) is 29.8 Å². The average molecular weight is 418 g/mol. The first-order valence-corrected chi connectivity index (χ1v) is 10.5. The Morgan fingerprint density at radius 3 is 2.35 bits per heavy atom. The molecule has 160 valence electrons. The number of non-ortho nitro benzene ring substituents is 1. The predicted octanol–water partition coefficient (Wildman–Crippen LogP) is 5.38. The van der Waals surface area contributed by atoms with Crippen molar-refractivity contribution in [3.8, 4) is 0 Å². The number of benzene rings is 2. The number of carbonyl (C=O) groups is 2. The van der Waals surface area contributed by atoms with Crippen molar-refractivity contribution in [1.29, 1.82) is 0 Å². The van der Waals surface area contributed by atoms with Crippen molar-refractivity contribution in [2.24, 2.45) is 5.41 Å². The molecule has 1 unspecified atom stereocenters. The van der Waals surface area contributed by atoms with Crippen LogP contribution in [-0.2, 0) is 9.59 Å². The minimum atomic E-state index is -0.461. The molecule has 1 amide bonds. The molecule has 0 aromatic heterocycles. The zero-order valence-electron chi connectivity index (χ0n) is 18.3. The van der Waals surface area contributed by atoms with E-state index in [0.717, 1.165) is 16.7 Å². The average Bonchev–Trinajstić information content (AvgIpc) is 2.67. The second-order valence-corrected chi connectivity index (χ2v) is 9.43. The van der Waals surface area contributed by atoms with Gasteiger partial charge in [0.25, 0.3) is 5.69 Å². The Kier molecular flexibility index (Phi) is 5.04. The van der Waals surface area contributed by atoms with E-state index in [1.807, 2.05) is 52.0 Å². The van der Waals surface area contributed by atoms with Gasteiger partial charge in [0.2, 0.25) is 5.91 Å². The van der Waals surface area contributed by atoms with E-state index in [4.69, 9.17) is 0 Å². The first kappa shape index (κ1) is 21.0. The lowest BCUT2D eigenvalue weighted by Gasteiger charge is -2.43. The minimum Gasteiger partial charge on any atom is -0.294 e. The van der Waals surface area contributed by atoms with Gasteiger partial charge in [0, 0.05) is 42.2 Å². The summed E-state index contributed by atoms with van der Waals surface area (Å²) in [6.07, 6.45) is 1.14. The summed E-state index contributed by atoms with van der Waals surface area (Å²) in [4.78, 5) is 39.3. The number of carbonyl (C=O) groups excluding carboxylic acids is 2. The maximum atomic E-state index is 13.5. The van der Waals surface area contributed by atoms with Crippen LogP contribution < -0.4 is 4.90 Å². The SMILES string of the molecule is Cc1ccc(C2CC(=O)N(c3cc([N+](=O)[O-])ccc3C)C3=C2C(=O)CC(C)(C)C3)cc1. The maximum Gasteiger partial charge on any atom is 0.271 e. The Bertz CT molecular complexity index is 1130. The quantitative estimate of drug-likeness (QED) is 0.495. The lowest BCUT2D eigenvalue weighted by atomic mass is 9.69. The molecule has 0 spiro atoms. The van der Waals surface area contributed by atoms with Gasteiger partial charge < -0.3 is 0 Å². The van der Waals surface area contributed by atoms with Gasteiger partial charge in [0.05, 0.1) is 10.6 Å². The number of amides is 1. The summed E-state index contributed by atoms with van der Waals surface area (Å²) < 4.78 is 0. The number of anilines is 1.